The van der Waals surface area contributed by atoms with Crippen LogP contribution in [-0.2, 0) is 7.05 Å². The Labute approximate surface area is 132 Å². The first-order chi connectivity index (χ1) is 10.6. The molecule has 1 saturated heterocycles. The highest BCUT2D eigenvalue weighted by Crippen LogP contribution is 2.32. The van der Waals surface area contributed by atoms with Crippen LogP contribution in [0.3, 0.4) is 0 Å². The molecule has 1 aliphatic heterocycles. The van der Waals surface area contributed by atoms with Crippen molar-refractivity contribution in [1.82, 2.24) is 14.6 Å². The van der Waals surface area contributed by atoms with Gasteiger partial charge in [-0.3, -0.25) is 4.68 Å². The number of nitrogens with zero attached hydrogens (tertiary/aromatic N) is 3. The van der Waals surface area contributed by atoms with Crippen LogP contribution >= 0.6 is 0 Å². The fourth-order valence-electron chi connectivity index (χ4n) is 3.15. The molecule has 0 unspecified atom stereocenters. The third kappa shape index (κ3) is 3.15. The number of piperidine rings is 1. The SMILES string of the molecule is CB(O)N1CCC(=C(c2ccccc2)c2cnn(C)c2)CC1. The molecular weight excluding hydrogens is 273 g/mol. The fraction of sp³-hybridized carbons (Fsp3) is 0.353. The molecule has 3 rings (SSSR count). The first kappa shape index (κ1) is 15.1. The van der Waals surface area contributed by atoms with Crippen molar-refractivity contribution in [1.29, 1.82) is 0 Å². The highest BCUT2D eigenvalue weighted by molar-refractivity contribution is 6.45. The zero-order valence-electron chi connectivity index (χ0n) is 13.2. The summed E-state index contributed by atoms with van der Waals surface area (Å²) in [5.41, 5.74) is 5.18. The average molecular weight is 295 g/mol. The molecule has 5 heteroatoms. The van der Waals surface area contributed by atoms with Gasteiger partial charge < -0.3 is 9.83 Å². The Kier molecular flexibility index (Phi) is 4.45. The van der Waals surface area contributed by atoms with Gasteiger partial charge in [-0.25, -0.2) is 0 Å². The highest BCUT2D eigenvalue weighted by Gasteiger charge is 2.23. The third-order valence-corrected chi connectivity index (χ3v) is 4.34. The third-order valence-electron chi connectivity index (χ3n) is 4.34. The van der Waals surface area contributed by atoms with Gasteiger partial charge in [0, 0.05) is 18.8 Å². The number of benzene rings is 1. The number of hydrogen-bond donors (Lipinski definition) is 1. The van der Waals surface area contributed by atoms with Crippen LogP contribution in [0.15, 0.2) is 48.3 Å². The molecule has 0 saturated carbocycles. The van der Waals surface area contributed by atoms with Crippen molar-refractivity contribution < 1.29 is 5.02 Å². The van der Waals surface area contributed by atoms with Gasteiger partial charge in [0.05, 0.1) is 6.20 Å². The molecule has 2 aromatic rings. The lowest BCUT2D eigenvalue weighted by Gasteiger charge is -2.30. The summed E-state index contributed by atoms with van der Waals surface area (Å²) < 4.78 is 1.85. The predicted molar refractivity (Wildman–Crippen MR) is 90.3 cm³/mol. The smallest absolute Gasteiger partial charge is 0.376 e. The first-order valence-corrected chi connectivity index (χ1v) is 7.83. The van der Waals surface area contributed by atoms with Gasteiger partial charge in [0.15, 0.2) is 0 Å². The molecule has 1 aromatic heterocycles. The zero-order valence-corrected chi connectivity index (χ0v) is 13.2. The molecule has 0 aliphatic carbocycles. The lowest BCUT2D eigenvalue weighted by Crippen LogP contribution is -2.41. The van der Waals surface area contributed by atoms with E-state index in [1.54, 1.807) is 0 Å². The molecule has 0 amide bonds. The van der Waals surface area contributed by atoms with Crippen LogP contribution in [0.4, 0.5) is 0 Å². The Morgan fingerprint density at radius 3 is 2.36 bits per heavy atom. The monoisotopic (exact) mass is 295 g/mol. The predicted octanol–water partition coefficient (Wildman–Crippen LogP) is 2.43. The molecule has 0 spiro atoms. The number of rotatable bonds is 3. The van der Waals surface area contributed by atoms with E-state index >= 15 is 0 Å². The van der Waals surface area contributed by atoms with Gasteiger partial charge in [-0.2, -0.15) is 5.10 Å². The van der Waals surface area contributed by atoms with E-state index in [2.05, 4.69) is 40.4 Å². The van der Waals surface area contributed by atoms with E-state index in [0.717, 1.165) is 25.9 Å². The largest absolute Gasteiger partial charge is 0.437 e. The second-order valence-electron chi connectivity index (χ2n) is 5.92. The van der Waals surface area contributed by atoms with Crippen molar-refractivity contribution >= 4 is 12.6 Å². The first-order valence-electron chi connectivity index (χ1n) is 7.83. The maximum absolute atomic E-state index is 9.74. The van der Waals surface area contributed by atoms with E-state index in [1.807, 2.05) is 30.8 Å². The van der Waals surface area contributed by atoms with Gasteiger partial charge in [-0.05, 0) is 43.9 Å². The maximum atomic E-state index is 9.74. The summed E-state index contributed by atoms with van der Waals surface area (Å²) >= 11 is 0. The standard InChI is InChI=1S/C17H22BN3O/c1-18(22)21-10-8-15(9-11-21)17(14-6-4-3-5-7-14)16-12-19-20(2)13-16/h3-7,12-13,22H,8-11H2,1-2H3. The van der Waals surface area contributed by atoms with E-state index in [4.69, 9.17) is 0 Å². The second-order valence-corrected chi connectivity index (χ2v) is 5.92. The van der Waals surface area contributed by atoms with E-state index in [1.165, 1.54) is 22.3 Å². The number of aryl methyl sites for hydroxylation is 1. The topological polar surface area (TPSA) is 41.3 Å². The van der Waals surface area contributed by atoms with Crippen LogP contribution in [0.5, 0.6) is 0 Å². The minimum atomic E-state index is -0.361. The quantitative estimate of drug-likeness (QED) is 0.884. The number of aromatic nitrogens is 2. The van der Waals surface area contributed by atoms with Crippen LogP contribution in [0.2, 0.25) is 6.82 Å². The summed E-state index contributed by atoms with van der Waals surface area (Å²) in [6.45, 7) is 3.65. The van der Waals surface area contributed by atoms with Crippen molar-refractivity contribution in [3.8, 4) is 0 Å². The summed E-state index contributed by atoms with van der Waals surface area (Å²) in [5.74, 6) is 0. The van der Waals surface area contributed by atoms with Crippen molar-refractivity contribution in [3.63, 3.8) is 0 Å². The van der Waals surface area contributed by atoms with Crippen LogP contribution < -0.4 is 0 Å². The van der Waals surface area contributed by atoms with Crippen molar-refractivity contribution in [2.75, 3.05) is 13.1 Å². The molecule has 114 valence electrons. The normalized spacial score (nSPS) is 15.9. The van der Waals surface area contributed by atoms with E-state index in [0.29, 0.717) is 0 Å². The van der Waals surface area contributed by atoms with E-state index in [-0.39, 0.29) is 7.05 Å². The average Bonchev–Trinajstić information content (AvgIpc) is 2.95. The van der Waals surface area contributed by atoms with Crippen molar-refractivity contribution in [3.05, 3.63) is 59.4 Å². The van der Waals surface area contributed by atoms with Crippen LogP contribution in [0, 0.1) is 0 Å². The summed E-state index contributed by atoms with van der Waals surface area (Å²) in [6, 6.07) is 10.5. The summed E-state index contributed by atoms with van der Waals surface area (Å²) in [7, 11) is 1.59. The lowest BCUT2D eigenvalue weighted by molar-refractivity contribution is 0.345. The van der Waals surface area contributed by atoms with Crippen molar-refractivity contribution in [2.24, 2.45) is 7.05 Å². The summed E-state index contributed by atoms with van der Waals surface area (Å²) in [5, 5.41) is 14.1. The van der Waals surface area contributed by atoms with Gasteiger partial charge in [0.1, 0.15) is 0 Å². The van der Waals surface area contributed by atoms with Gasteiger partial charge in [-0.1, -0.05) is 35.9 Å². The Bertz CT molecular complexity index is 654. The molecule has 1 N–H and O–H groups in total. The van der Waals surface area contributed by atoms with Gasteiger partial charge >= 0.3 is 7.05 Å². The number of hydrogen-bond acceptors (Lipinski definition) is 3. The Balaban J connectivity index is 1.98. The minimum absolute atomic E-state index is 0.361. The van der Waals surface area contributed by atoms with Crippen LogP contribution in [0.25, 0.3) is 5.57 Å². The summed E-state index contributed by atoms with van der Waals surface area (Å²) in [6.07, 6.45) is 6.00. The lowest BCUT2D eigenvalue weighted by atomic mass is 9.80. The second kappa shape index (κ2) is 6.50. The fourth-order valence-corrected chi connectivity index (χ4v) is 3.15. The van der Waals surface area contributed by atoms with Gasteiger partial charge in [-0.15, -0.1) is 0 Å². The molecule has 2 heterocycles. The molecule has 0 atom stereocenters. The Hall–Kier alpha value is -1.85. The maximum Gasteiger partial charge on any atom is 0.376 e. The van der Waals surface area contributed by atoms with Crippen LogP contribution in [0.1, 0.15) is 24.0 Å². The molecule has 4 nitrogen and oxygen atoms in total. The van der Waals surface area contributed by atoms with Gasteiger partial charge in [0.2, 0.25) is 0 Å². The summed E-state index contributed by atoms with van der Waals surface area (Å²) in [4.78, 5) is 2.12. The zero-order chi connectivity index (χ0) is 15.5. The van der Waals surface area contributed by atoms with E-state index in [9.17, 15) is 5.02 Å². The molecule has 0 bridgehead atoms. The minimum Gasteiger partial charge on any atom is -0.437 e. The van der Waals surface area contributed by atoms with Crippen LogP contribution in [-0.4, -0.2) is 39.8 Å². The molecule has 1 fully saturated rings. The molecular formula is C17H22BN3O. The Morgan fingerprint density at radius 2 is 1.82 bits per heavy atom. The highest BCUT2D eigenvalue weighted by atomic mass is 16.2. The molecule has 1 aliphatic rings. The van der Waals surface area contributed by atoms with E-state index < -0.39 is 0 Å². The molecule has 22 heavy (non-hydrogen) atoms. The molecule has 0 radical (unpaired) electrons. The Morgan fingerprint density at radius 1 is 1.14 bits per heavy atom. The van der Waals surface area contributed by atoms with Crippen molar-refractivity contribution in [2.45, 2.75) is 19.7 Å². The van der Waals surface area contributed by atoms with Gasteiger partial charge in [0.25, 0.3) is 0 Å². The molecule has 1 aromatic carbocycles.